The van der Waals surface area contributed by atoms with Crippen LogP contribution >= 0.6 is 0 Å². The van der Waals surface area contributed by atoms with Crippen LogP contribution in [0.4, 0.5) is 5.69 Å². The second kappa shape index (κ2) is 57.7. The summed E-state index contributed by atoms with van der Waals surface area (Å²) in [7, 11) is 6.15. The molecule has 3 aromatic rings. The van der Waals surface area contributed by atoms with Gasteiger partial charge in [0.1, 0.15) is 5.84 Å². The number of guanidine groups is 6. The number of aliphatic imine (C=N–C) groups is 6. The average molecular weight is 1760 g/mol. The largest absolute Gasteiger partial charge is 0.384 e. The highest BCUT2D eigenvalue weighted by molar-refractivity contribution is 5.95. The van der Waals surface area contributed by atoms with Crippen LogP contribution < -0.4 is 115 Å². The summed E-state index contributed by atoms with van der Waals surface area (Å²) >= 11 is 0. The number of rotatable bonds is 19. The lowest BCUT2D eigenvalue weighted by atomic mass is 9.73. The van der Waals surface area contributed by atoms with Gasteiger partial charge in [-0.1, -0.05) is 251 Å². The van der Waals surface area contributed by atoms with Crippen molar-refractivity contribution in [1.82, 2.24) is 0 Å². The lowest BCUT2D eigenvalue weighted by molar-refractivity contribution is -0.130. The van der Waals surface area contributed by atoms with E-state index in [2.05, 4.69) is 30.0 Å². The number of benzene rings is 3. The fraction of sp³-hybridized carbons (Fsp3) is 0.648. The van der Waals surface area contributed by atoms with Gasteiger partial charge in [-0.25, -0.2) is 9.98 Å². The Labute approximate surface area is 748 Å². The molecule has 0 spiro atoms. The van der Waals surface area contributed by atoms with E-state index in [1.165, 1.54) is 66.7 Å². The van der Waals surface area contributed by atoms with Crippen LogP contribution in [0.5, 0.6) is 0 Å². The van der Waals surface area contributed by atoms with Crippen molar-refractivity contribution < 1.29 is 33.6 Å². The molecule has 0 saturated heterocycles. The fourth-order valence-corrected chi connectivity index (χ4v) is 12.1. The van der Waals surface area contributed by atoms with E-state index >= 15 is 0 Å². The minimum Gasteiger partial charge on any atom is -0.384 e. The predicted molar refractivity (Wildman–Crippen MR) is 520 cm³/mol. The number of nitrogen functional groups attached to an aromatic ring is 1. The van der Waals surface area contributed by atoms with E-state index in [1.54, 1.807) is 24.3 Å². The Bertz CT molecular complexity index is 3800. The van der Waals surface area contributed by atoms with Gasteiger partial charge in [0.2, 0.25) is 0 Å². The number of nitrogens with one attached hydrogen (secondary N) is 1. The number of nitrogens with zero attached hydrogens (tertiary/aromatic N) is 6. The van der Waals surface area contributed by atoms with Crippen molar-refractivity contribution in [2.75, 3.05) is 28.2 Å². The van der Waals surface area contributed by atoms with Crippen molar-refractivity contribution in [1.29, 1.82) is 5.41 Å². The highest BCUT2D eigenvalue weighted by Gasteiger charge is 2.47. The molecule has 4 fully saturated rings. The number of carbonyl (C=O) groups is 7. The van der Waals surface area contributed by atoms with Gasteiger partial charge in [0.05, 0.1) is 54.0 Å². The molecule has 0 radical (unpaired) electrons. The maximum atomic E-state index is 12.0. The molecule has 4 aliphatic carbocycles. The summed E-state index contributed by atoms with van der Waals surface area (Å²) in [6.45, 7) is 40.0. The molecular formula is C91H171N27O7. The summed E-state index contributed by atoms with van der Waals surface area (Å²) in [4.78, 5) is 104. The molecule has 41 N–H and O–H groups in total. The first-order valence-corrected chi connectivity index (χ1v) is 42.7. The van der Waals surface area contributed by atoms with Gasteiger partial charge in [0.15, 0.2) is 76.2 Å². The zero-order valence-electron chi connectivity index (χ0n) is 80.6. The van der Waals surface area contributed by atoms with E-state index in [0.29, 0.717) is 41.8 Å². The van der Waals surface area contributed by atoms with Crippen LogP contribution in [0, 0.1) is 67.0 Å². The third-order valence-corrected chi connectivity index (χ3v) is 20.2. The van der Waals surface area contributed by atoms with Gasteiger partial charge in [-0.2, -0.15) is 0 Å². The SMILES string of the molecule is CC(C)(C)C(=O)C(N)C1CC1N=C(N)N.CC(C)(C)C(=O)C(N)C1CCC1.CC(C)(C)C(=O)C(N)C1CCCC1.CC(C)(C)C(=O)C(N)C1CCCCC1.CC(C)(C)C(=O)C(N)Cc1ccc(C(=N)N)cc1.CC(C)(C)C(=O)C(N)Cc1ccc(N=C(N)N)cc1.CC(C)(C)C(=O)C(N)c1ccccc1.CN=C(N)N.CN=C(N)N.CN=C(N)N.CN=C(N)N. The number of hydrogen-bond donors (Lipinski definition) is 21. The van der Waals surface area contributed by atoms with Crippen LogP contribution in [0.2, 0.25) is 0 Å². The molecule has 7 rings (SSSR count). The third kappa shape index (κ3) is 53.9. The number of amidine groups is 1. The molecular weight excluding hydrogens is 1580 g/mol. The third-order valence-electron chi connectivity index (χ3n) is 20.2. The number of nitrogens with two attached hydrogens (primary N) is 20. The van der Waals surface area contributed by atoms with E-state index in [-0.39, 0.29) is 134 Å². The Hall–Kier alpha value is -9.84. The smallest absolute Gasteiger partial charge is 0.191 e. The summed E-state index contributed by atoms with van der Waals surface area (Å²) in [5, 5.41) is 7.30. The molecule has 125 heavy (non-hydrogen) atoms. The topological polar surface area (TPSA) is 738 Å². The van der Waals surface area contributed by atoms with E-state index in [9.17, 15) is 33.6 Å². The van der Waals surface area contributed by atoms with Crippen molar-refractivity contribution in [3.63, 3.8) is 0 Å². The van der Waals surface area contributed by atoms with Gasteiger partial charge in [-0.15, -0.1) is 0 Å². The molecule has 0 heterocycles. The van der Waals surface area contributed by atoms with Gasteiger partial charge in [0.25, 0.3) is 0 Å². The van der Waals surface area contributed by atoms with E-state index in [1.807, 2.05) is 200 Å². The molecule has 34 nitrogen and oxygen atoms in total. The molecule has 9 atom stereocenters. The van der Waals surface area contributed by atoms with Crippen LogP contribution in [0.25, 0.3) is 0 Å². The molecule has 4 saturated carbocycles. The summed E-state index contributed by atoms with van der Waals surface area (Å²) in [5.41, 5.74) is 108. The van der Waals surface area contributed by atoms with Gasteiger partial charge >= 0.3 is 0 Å². The molecule has 0 bridgehead atoms. The summed E-state index contributed by atoms with van der Waals surface area (Å²) in [6.07, 6.45) is 16.2. The Morgan fingerprint density at radius 1 is 0.336 bits per heavy atom. The number of hydrogen-bond acceptors (Lipinski definition) is 21. The van der Waals surface area contributed by atoms with Crippen molar-refractivity contribution in [3.8, 4) is 0 Å². The Morgan fingerprint density at radius 3 is 0.840 bits per heavy atom. The molecule has 3 aromatic carbocycles. The predicted octanol–water partition coefficient (Wildman–Crippen LogP) is 6.34. The van der Waals surface area contributed by atoms with E-state index < -0.39 is 40.4 Å². The first-order chi connectivity index (χ1) is 56.9. The highest BCUT2D eigenvalue weighted by atomic mass is 16.2. The minimum absolute atomic E-state index is 0.0207. The lowest BCUT2D eigenvalue weighted by Crippen LogP contribution is -2.46. The van der Waals surface area contributed by atoms with Crippen LogP contribution in [0.3, 0.4) is 0 Å². The fourth-order valence-electron chi connectivity index (χ4n) is 12.1. The summed E-state index contributed by atoms with van der Waals surface area (Å²) < 4.78 is 0. The first-order valence-electron chi connectivity index (χ1n) is 42.7. The van der Waals surface area contributed by atoms with Gasteiger partial charge in [-0.3, -0.25) is 58.9 Å². The van der Waals surface area contributed by atoms with Crippen molar-refractivity contribution in [2.45, 2.75) is 290 Å². The second-order valence-electron chi connectivity index (χ2n) is 39.0. The minimum atomic E-state index is -0.504. The number of ketones is 7. The van der Waals surface area contributed by atoms with Crippen LogP contribution in [-0.2, 0) is 46.4 Å². The molecule has 4 aliphatic rings. The quantitative estimate of drug-likeness (QED) is 0.0460. The normalized spacial score (nSPS) is 16.5. The Balaban J connectivity index is -0.000000660. The lowest BCUT2D eigenvalue weighted by Gasteiger charge is -2.33. The zero-order chi connectivity index (χ0) is 98.4. The molecule has 712 valence electrons. The van der Waals surface area contributed by atoms with Crippen LogP contribution in [-0.4, -0.2) is 153 Å². The molecule has 0 aliphatic heterocycles. The first kappa shape index (κ1) is 121. The number of Topliss-reactive ketones (excluding diaryl/α,β-unsaturated/α-hetero) is 7. The Morgan fingerprint density at radius 2 is 0.600 bits per heavy atom. The van der Waals surface area contributed by atoms with Gasteiger partial charge in [-0.05, 0) is 104 Å². The monoisotopic (exact) mass is 1750 g/mol. The molecule has 0 aromatic heterocycles. The van der Waals surface area contributed by atoms with Gasteiger partial charge in [0, 0.05) is 77.6 Å². The van der Waals surface area contributed by atoms with Crippen LogP contribution in [0.15, 0.2) is 109 Å². The van der Waals surface area contributed by atoms with Gasteiger partial charge < -0.3 is 115 Å². The van der Waals surface area contributed by atoms with E-state index in [4.69, 9.17) is 120 Å². The van der Waals surface area contributed by atoms with Crippen molar-refractivity contribution in [2.24, 2.45) is 206 Å². The van der Waals surface area contributed by atoms with Crippen molar-refractivity contribution >= 4 is 87.8 Å². The number of carbonyl (C=O) groups excluding carboxylic acids is 7. The molecule has 0 amide bonds. The summed E-state index contributed by atoms with van der Waals surface area (Å²) in [5.74, 6) is 3.03. The molecule has 34 heteroatoms. The maximum absolute atomic E-state index is 12.0. The highest BCUT2D eigenvalue weighted by Crippen LogP contribution is 2.39. The zero-order valence-corrected chi connectivity index (χ0v) is 80.6. The second-order valence-corrected chi connectivity index (χ2v) is 39.0. The van der Waals surface area contributed by atoms with Crippen molar-refractivity contribution in [3.05, 3.63) is 101 Å². The summed E-state index contributed by atoms with van der Waals surface area (Å²) in [6, 6.07) is 21.5. The van der Waals surface area contributed by atoms with E-state index in [0.717, 1.165) is 61.6 Å². The average Bonchev–Trinajstić information content (AvgIpc) is 1.65. The molecule has 9 unspecified atom stereocenters. The Kier molecular flexibility index (Phi) is 56.1. The van der Waals surface area contributed by atoms with Crippen LogP contribution in [0.1, 0.15) is 257 Å². The maximum Gasteiger partial charge on any atom is 0.191 e. The standard InChI is InChI=1S/C14H22N4O.C14H21N3O.C12H23NO.C12H17NO.C11H21NO.C10H20N4O.C10H19NO.4C2H7N3/c1-14(2,3)12(19)11(15)8-9-4-6-10(7-5-9)18-13(16)17;1-14(2,3)12(18)11(15)8-9-4-6-10(7-5-9)13(16)17;2*1-12(2,3)11(14)10(13)9-7-5-4-6-8-9;1-11(2,3)10(13)9(12)8-6-4-5-7-8;1-10(2,3)8(15)7(11)5-4-6(5)14-9(12)13;1-10(2,3)9(12)8(11)7-5-4-6-7;4*1-5-2(3)4/h4-7,11H,8,15H2,1-3H3,(H4,16,17,18);4-7,11H,8,15H2,1-3H3,(H3,16,17);9-10H,4-8,13H2,1-3H3;4-8,10H,13H2,1-3H3;8-9H,4-7,12H2,1-3H3;5-7H,4,11H2,1-3H3,(H4,12,13,14);7-8H,4-6,11H2,1-3H3;4*1H3,(H4,3,4,5).